The van der Waals surface area contributed by atoms with Gasteiger partial charge in [-0.1, -0.05) is 65.2 Å². The van der Waals surface area contributed by atoms with Crippen LogP contribution in [0.25, 0.3) is 0 Å². The van der Waals surface area contributed by atoms with E-state index in [9.17, 15) is 4.79 Å². The third-order valence-corrected chi connectivity index (χ3v) is 4.73. The van der Waals surface area contributed by atoms with Crippen LogP contribution in [0.3, 0.4) is 0 Å². The minimum Gasteiger partial charge on any atom is -0.393 e. The normalized spacial score (nSPS) is 15.7. The lowest BCUT2D eigenvalue weighted by molar-refractivity contribution is 0.0996. The van der Waals surface area contributed by atoms with Gasteiger partial charge < -0.3 is 4.84 Å². The zero-order valence-electron chi connectivity index (χ0n) is 14.9. The lowest BCUT2D eigenvalue weighted by Gasteiger charge is -2.07. The van der Waals surface area contributed by atoms with Crippen molar-refractivity contribution in [2.45, 2.75) is 18.8 Å². The van der Waals surface area contributed by atoms with E-state index in [1.807, 2.05) is 72.9 Å². The van der Waals surface area contributed by atoms with E-state index >= 15 is 0 Å². The van der Waals surface area contributed by atoms with E-state index in [2.05, 4.69) is 10.1 Å². The third kappa shape index (κ3) is 4.14. The third-order valence-electron chi connectivity index (χ3n) is 4.73. The lowest BCUT2D eigenvalue weighted by Crippen LogP contribution is -2.20. The Morgan fingerprint density at radius 3 is 2.52 bits per heavy atom. The molecular formula is C22H19BN2O2. The number of carbonyl (C=O) groups excluding carboxylic acids is 1. The molecule has 0 N–H and O–H groups in total. The predicted molar refractivity (Wildman–Crippen MR) is 108 cm³/mol. The van der Waals surface area contributed by atoms with Crippen molar-refractivity contribution in [2.75, 3.05) is 0 Å². The van der Waals surface area contributed by atoms with Gasteiger partial charge in [0.05, 0.1) is 5.71 Å². The molecule has 2 aromatic carbocycles. The molecule has 4 nitrogen and oxygen atoms in total. The number of pyridine rings is 1. The number of rotatable bonds is 6. The van der Waals surface area contributed by atoms with Crippen LogP contribution in [0, 0.1) is 0 Å². The van der Waals surface area contributed by atoms with Crippen molar-refractivity contribution in [1.82, 2.24) is 4.98 Å². The molecule has 0 saturated heterocycles. The predicted octanol–water partition coefficient (Wildman–Crippen LogP) is 2.99. The van der Waals surface area contributed by atoms with Gasteiger partial charge in [-0.2, -0.15) is 0 Å². The molecule has 1 aliphatic rings. The molecule has 5 heteroatoms. The van der Waals surface area contributed by atoms with E-state index in [-0.39, 0.29) is 11.9 Å². The van der Waals surface area contributed by atoms with Crippen LogP contribution in [0.15, 0.2) is 84.3 Å². The Hall–Kier alpha value is -3.21. The summed E-state index contributed by atoms with van der Waals surface area (Å²) in [5, 5.41) is 4.20. The molecule has 1 aromatic heterocycles. The van der Waals surface area contributed by atoms with Gasteiger partial charge >= 0.3 is 0 Å². The van der Waals surface area contributed by atoms with Gasteiger partial charge in [0.1, 0.15) is 6.10 Å². The van der Waals surface area contributed by atoms with Gasteiger partial charge in [-0.05, 0) is 18.5 Å². The highest BCUT2D eigenvalue weighted by atomic mass is 16.6. The minimum atomic E-state index is 0.0517. The highest BCUT2D eigenvalue weighted by molar-refractivity contribution is 6.53. The summed E-state index contributed by atoms with van der Waals surface area (Å²) in [5.74, 6) is 0.0517. The molecule has 132 valence electrons. The van der Waals surface area contributed by atoms with E-state index < -0.39 is 0 Å². The average molecular weight is 354 g/mol. The summed E-state index contributed by atoms with van der Waals surface area (Å²) in [4.78, 5) is 22.2. The number of hydrogen-bond donors (Lipinski definition) is 0. The molecule has 0 bridgehead atoms. The van der Waals surface area contributed by atoms with Gasteiger partial charge in [-0.15, -0.1) is 0 Å². The molecule has 0 radical (unpaired) electrons. The first-order chi connectivity index (χ1) is 13.3. The first-order valence-electron chi connectivity index (χ1n) is 9.11. The van der Waals surface area contributed by atoms with Gasteiger partial charge in [0.25, 0.3) is 0 Å². The van der Waals surface area contributed by atoms with Crippen LogP contribution in [0.2, 0.25) is 6.32 Å². The van der Waals surface area contributed by atoms with E-state index in [0.29, 0.717) is 11.1 Å². The number of aromatic nitrogens is 1. The zero-order chi connectivity index (χ0) is 18.5. The quantitative estimate of drug-likeness (QED) is 0.505. The first kappa shape index (κ1) is 17.2. The van der Waals surface area contributed by atoms with Crippen LogP contribution in [0.5, 0.6) is 0 Å². The number of carbonyl (C=O) groups is 1. The molecule has 3 aromatic rings. The second-order valence-electron chi connectivity index (χ2n) is 6.64. The summed E-state index contributed by atoms with van der Waals surface area (Å²) < 4.78 is 0. The molecule has 0 aliphatic carbocycles. The second kappa shape index (κ2) is 8.00. The molecule has 1 aliphatic heterocycles. The first-order valence-corrected chi connectivity index (χ1v) is 9.11. The van der Waals surface area contributed by atoms with Gasteiger partial charge in [-0.3, -0.25) is 9.78 Å². The van der Waals surface area contributed by atoms with Gasteiger partial charge in [-0.25, -0.2) is 0 Å². The minimum absolute atomic E-state index is 0.0517. The second-order valence-corrected chi connectivity index (χ2v) is 6.64. The van der Waals surface area contributed by atoms with Crippen molar-refractivity contribution in [3.63, 3.8) is 0 Å². The maximum Gasteiger partial charge on any atom is 0.193 e. The smallest absolute Gasteiger partial charge is 0.193 e. The Kier molecular flexibility index (Phi) is 5.10. The highest BCUT2D eigenvalue weighted by Gasteiger charge is 2.22. The summed E-state index contributed by atoms with van der Waals surface area (Å²) in [6.45, 7) is 0. The number of hydrogen-bond acceptors (Lipinski definition) is 4. The highest BCUT2D eigenvalue weighted by Crippen LogP contribution is 2.18. The summed E-state index contributed by atoms with van der Waals surface area (Å²) in [6.07, 6.45) is 5.34. The Morgan fingerprint density at radius 1 is 1.00 bits per heavy atom. The van der Waals surface area contributed by atoms with Gasteiger partial charge in [0.2, 0.25) is 0 Å². The van der Waals surface area contributed by atoms with Crippen molar-refractivity contribution in [3.05, 3.63) is 95.8 Å². The number of oxime groups is 1. The number of ketones is 1. The fourth-order valence-corrected chi connectivity index (χ4v) is 3.19. The topological polar surface area (TPSA) is 51.5 Å². The number of benzene rings is 2. The van der Waals surface area contributed by atoms with Crippen LogP contribution in [-0.2, 0) is 4.84 Å². The lowest BCUT2D eigenvalue weighted by atomic mass is 9.65. The molecule has 1 unspecified atom stereocenters. The molecule has 27 heavy (non-hydrogen) atoms. The van der Waals surface area contributed by atoms with E-state index in [1.54, 1.807) is 6.20 Å². The van der Waals surface area contributed by atoms with Crippen LogP contribution in [0.4, 0.5) is 0 Å². The van der Waals surface area contributed by atoms with Crippen molar-refractivity contribution in [3.8, 4) is 0 Å². The van der Waals surface area contributed by atoms with E-state index in [4.69, 9.17) is 4.84 Å². The largest absolute Gasteiger partial charge is 0.393 e. The monoisotopic (exact) mass is 354 g/mol. The van der Waals surface area contributed by atoms with Crippen LogP contribution >= 0.6 is 0 Å². The van der Waals surface area contributed by atoms with Crippen molar-refractivity contribution in [2.24, 2.45) is 5.16 Å². The molecule has 4 rings (SSSR count). The zero-order valence-corrected chi connectivity index (χ0v) is 14.9. The molecular weight excluding hydrogens is 335 g/mol. The van der Waals surface area contributed by atoms with E-state index in [1.165, 1.54) is 5.46 Å². The van der Waals surface area contributed by atoms with E-state index in [0.717, 1.165) is 31.3 Å². The van der Waals surface area contributed by atoms with Gasteiger partial charge in [0, 0.05) is 35.5 Å². The van der Waals surface area contributed by atoms with Gasteiger partial charge in [0.15, 0.2) is 13.1 Å². The molecule has 0 saturated carbocycles. The maximum atomic E-state index is 12.5. The maximum absolute atomic E-state index is 12.5. The van der Waals surface area contributed by atoms with Crippen LogP contribution < -0.4 is 5.46 Å². The molecule has 2 heterocycles. The summed E-state index contributed by atoms with van der Waals surface area (Å²) in [7, 11) is 0.889. The van der Waals surface area contributed by atoms with Crippen molar-refractivity contribution < 1.29 is 9.63 Å². The summed E-state index contributed by atoms with van der Waals surface area (Å²) in [5.41, 5.74) is 4.59. The number of nitrogens with zero attached hydrogens (tertiary/aromatic N) is 2. The Morgan fingerprint density at radius 2 is 1.78 bits per heavy atom. The van der Waals surface area contributed by atoms with Crippen molar-refractivity contribution in [1.29, 1.82) is 0 Å². The van der Waals surface area contributed by atoms with Crippen LogP contribution in [-0.4, -0.2) is 29.9 Å². The Balaban J connectivity index is 1.32. The Labute approximate surface area is 159 Å². The fraction of sp³-hybridized carbons (Fsp3) is 0.136. The molecule has 1 atom stereocenters. The molecule has 0 spiro atoms. The van der Waals surface area contributed by atoms with Crippen molar-refractivity contribution >= 4 is 24.2 Å². The average Bonchev–Trinajstić information content (AvgIpc) is 3.22. The molecule has 0 amide bonds. The summed E-state index contributed by atoms with van der Waals surface area (Å²) in [6, 6.07) is 21.1. The standard InChI is InChI=1S/C22H19BN2O2/c26-22(16-5-2-1-3-6-16)17-8-10-19(11-9-17)23-14-20-13-21(25-27-20)18-7-4-12-24-15-18/h1-12,15,20,23H,13-14H2. The SMILES string of the molecule is O=C(c1ccccc1)c1ccc(BCC2CC(c3cccnc3)=NO2)cc1. The van der Waals surface area contributed by atoms with Crippen LogP contribution in [0.1, 0.15) is 27.9 Å². The summed E-state index contributed by atoms with van der Waals surface area (Å²) >= 11 is 0. The Bertz CT molecular complexity index is 941. The fourth-order valence-electron chi connectivity index (χ4n) is 3.19. The molecule has 0 fully saturated rings.